The molecule has 3 rings (SSSR count). The molecule has 0 aliphatic carbocycles. The Morgan fingerprint density at radius 3 is 2.90 bits per heavy atom. The molecule has 0 bridgehead atoms. The van der Waals surface area contributed by atoms with Crippen molar-refractivity contribution in [1.82, 2.24) is 10.3 Å². The van der Waals surface area contributed by atoms with Crippen LogP contribution in [0.15, 0.2) is 30.5 Å². The summed E-state index contributed by atoms with van der Waals surface area (Å²) < 4.78 is 5.13. The monoisotopic (exact) mass is 288 g/mol. The number of amides is 1. The number of carboxylic acids is 1. The van der Waals surface area contributed by atoms with Crippen LogP contribution in [0.25, 0.3) is 10.9 Å². The van der Waals surface area contributed by atoms with Crippen LogP contribution in [0, 0.1) is 0 Å². The van der Waals surface area contributed by atoms with E-state index in [4.69, 9.17) is 4.74 Å². The minimum absolute atomic E-state index is 0.0158. The fraction of sp³-hybridized carbons (Fsp3) is 0.333. The molecule has 2 aromatic rings. The lowest BCUT2D eigenvalue weighted by Gasteiger charge is -2.23. The van der Waals surface area contributed by atoms with E-state index in [-0.39, 0.29) is 18.9 Å². The summed E-state index contributed by atoms with van der Waals surface area (Å²) >= 11 is 0. The summed E-state index contributed by atoms with van der Waals surface area (Å²) in [6, 6.07) is 7.68. The summed E-state index contributed by atoms with van der Waals surface area (Å²) in [6.07, 6.45) is 2.21. The van der Waals surface area contributed by atoms with E-state index in [1.54, 1.807) is 6.20 Å². The topological polar surface area (TPSA) is 91.4 Å². The molecular formula is C15H16N2O4. The molecule has 1 amide bonds. The highest BCUT2D eigenvalue weighted by Gasteiger charge is 2.43. The molecule has 6 heteroatoms. The number of hydrogen-bond acceptors (Lipinski definition) is 3. The van der Waals surface area contributed by atoms with Crippen molar-refractivity contribution in [1.29, 1.82) is 0 Å². The molecule has 1 saturated heterocycles. The van der Waals surface area contributed by atoms with Crippen LogP contribution >= 0.6 is 0 Å². The molecule has 1 aliphatic rings. The molecule has 1 atom stereocenters. The fourth-order valence-corrected chi connectivity index (χ4v) is 2.65. The Labute approximate surface area is 121 Å². The summed E-state index contributed by atoms with van der Waals surface area (Å²) in [5.41, 5.74) is 0.517. The second-order valence-electron chi connectivity index (χ2n) is 5.27. The maximum Gasteiger partial charge on any atom is 0.331 e. The van der Waals surface area contributed by atoms with Gasteiger partial charge >= 0.3 is 5.97 Å². The lowest BCUT2D eigenvalue weighted by atomic mass is 9.98. The molecule has 21 heavy (non-hydrogen) atoms. The van der Waals surface area contributed by atoms with Gasteiger partial charge in [-0.1, -0.05) is 18.2 Å². The van der Waals surface area contributed by atoms with Crippen molar-refractivity contribution in [3.05, 3.63) is 36.0 Å². The molecule has 0 radical (unpaired) electrons. The van der Waals surface area contributed by atoms with E-state index in [1.165, 1.54) is 0 Å². The number of carboxylic acid groups (broad SMARTS) is 1. The number of ether oxygens (including phenoxy) is 1. The standard InChI is InChI=1S/C15H16N2O4/c18-13(17-15(14(19)20)5-6-21-9-15)7-10-8-16-12-4-2-1-3-11(10)12/h1-4,8,16H,5-7,9H2,(H,17,18)(H,19,20). The van der Waals surface area contributed by atoms with Gasteiger partial charge in [0.25, 0.3) is 0 Å². The highest BCUT2D eigenvalue weighted by molar-refractivity contribution is 5.92. The van der Waals surface area contributed by atoms with E-state index in [9.17, 15) is 14.7 Å². The molecule has 1 unspecified atom stereocenters. The Morgan fingerprint density at radius 2 is 2.19 bits per heavy atom. The van der Waals surface area contributed by atoms with Gasteiger partial charge in [0.1, 0.15) is 0 Å². The average molecular weight is 288 g/mol. The fourth-order valence-electron chi connectivity index (χ4n) is 2.65. The number of H-pyrrole nitrogens is 1. The lowest BCUT2D eigenvalue weighted by molar-refractivity contribution is -0.147. The van der Waals surface area contributed by atoms with Gasteiger partial charge in [0, 0.05) is 30.1 Å². The number of nitrogens with one attached hydrogen (secondary N) is 2. The number of aromatic nitrogens is 1. The number of rotatable bonds is 4. The summed E-state index contributed by atoms with van der Waals surface area (Å²) in [4.78, 5) is 26.6. The molecule has 0 spiro atoms. The zero-order valence-electron chi connectivity index (χ0n) is 11.4. The van der Waals surface area contributed by atoms with E-state index in [0.717, 1.165) is 16.5 Å². The number of para-hydroxylation sites is 1. The van der Waals surface area contributed by atoms with Gasteiger partial charge in [0.15, 0.2) is 5.54 Å². The molecule has 0 saturated carbocycles. The maximum atomic E-state index is 12.2. The van der Waals surface area contributed by atoms with E-state index in [1.807, 2.05) is 24.3 Å². The molecule has 1 aromatic carbocycles. The lowest BCUT2D eigenvalue weighted by Crippen LogP contribution is -2.55. The van der Waals surface area contributed by atoms with E-state index in [0.29, 0.717) is 13.0 Å². The number of fused-ring (bicyclic) bond motifs is 1. The molecule has 1 aromatic heterocycles. The van der Waals surface area contributed by atoms with Gasteiger partial charge in [-0.05, 0) is 11.6 Å². The van der Waals surface area contributed by atoms with E-state index in [2.05, 4.69) is 10.3 Å². The summed E-state index contributed by atoms with van der Waals surface area (Å²) in [5, 5.41) is 12.9. The highest BCUT2D eigenvalue weighted by atomic mass is 16.5. The van der Waals surface area contributed by atoms with Crippen LogP contribution in [0.4, 0.5) is 0 Å². The van der Waals surface area contributed by atoms with Crippen molar-refractivity contribution in [2.24, 2.45) is 0 Å². The Morgan fingerprint density at radius 1 is 1.38 bits per heavy atom. The largest absolute Gasteiger partial charge is 0.479 e. The van der Waals surface area contributed by atoms with Crippen LogP contribution in [0.2, 0.25) is 0 Å². The first kappa shape index (κ1) is 13.6. The predicted octanol–water partition coefficient (Wildman–Crippen LogP) is 1.07. The van der Waals surface area contributed by atoms with Gasteiger partial charge in [0.2, 0.25) is 5.91 Å². The smallest absolute Gasteiger partial charge is 0.331 e. The van der Waals surface area contributed by atoms with Gasteiger partial charge in [-0.25, -0.2) is 4.79 Å². The normalized spacial score (nSPS) is 21.5. The maximum absolute atomic E-state index is 12.2. The molecule has 1 fully saturated rings. The minimum atomic E-state index is -1.29. The quantitative estimate of drug-likeness (QED) is 0.785. The zero-order valence-corrected chi connectivity index (χ0v) is 11.4. The van der Waals surface area contributed by atoms with Gasteiger partial charge in [-0.2, -0.15) is 0 Å². The average Bonchev–Trinajstić information content (AvgIpc) is 3.08. The Kier molecular flexibility index (Phi) is 3.39. The number of aliphatic carboxylic acids is 1. The first-order valence-electron chi connectivity index (χ1n) is 6.78. The van der Waals surface area contributed by atoms with Gasteiger partial charge < -0.3 is 20.1 Å². The highest BCUT2D eigenvalue weighted by Crippen LogP contribution is 2.21. The summed E-state index contributed by atoms with van der Waals surface area (Å²) in [7, 11) is 0. The van der Waals surface area contributed by atoms with Crippen LogP contribution in [0.3, 0.4) is 0 Å². The first-order valence-corrected chi connectivity index (χ1v) is 6.78. The molecule has 3 N–H and O–H groups in total. The van der Waals surface area contributed by atoms with Gasteiger partial charge in [-0.15, -0.1) is 0 Å². The Bertz CT molecular complexity index is 686. The number of hydrogen-bond donors (Lipinski definition) is 3. The van der Waals surface area contributed by atoms with Crippen LogP contribution in [0.5, 0.6) is 0 Å². The second-order valence-corrected chi connectivity index (χ2v) is 5.27. The number of carbonyl (C=O) groups is 2. The van der Waals surface area contributed by atoms with Crippen LogP contribution in [-0.2, 0) is 20.7 Å². The molecule has 6 nitrogen and oxygen atoms in total. The first-order chi connectivity index (χ1) is 10.1. The van der Waals surface area contributed by atoms with Crippen molar-refractivity contribution in [2.45, 2.75) is 18.4 Å². The van der Waals surface area contributed by atoms with Crippen LogP contribution in [-0.4, -0.2) is 40.7 Å². The van der Waals surface area contributed by atoms with Gasteiger partial charge in [-0.3, -0.25) is 4.79 Å². The van der Waals surface area contributed by atoms with Crippen molar-refractivity contribution in [3.8, 4) is 0 Å². The van der Waals surface area contributed by atoms with Crippen LogP contribution < -0.4 is 5.32 Å². The minimum Gasteiger partial charge on any atom is -0.479 e. The Hall–Kier alpha value is -2.34. The van der Waals surface area contributed by atoms with E-state index >= 15 is 0 Å². The molecular weight excluding hydrogens is 272 g/mol. The second kappa shape index (κ2) is 5.21. The van der Waals surface area contributed by atoms with Gasteiger partial charge in [0.05, 0.1) is 13.0 Å². The Balaban J connectivity index is 1.76. The zero-order chi connectivity index (χ0) is 14.9. The van der Waals surface area contributed by atoms with Crippen molar-refractivity contribution < 1.29 is 19.4 Å². The third-order valence-corrected chi connectivity index (χ3v) is 3.84. The molecule has 1 aliphatic heterocycles. The molecule has 2 heterocycles. The van der Waals surface area contributed by atoms with Crippen LogP contribution in [0.1, 0.15) is 12.0 Å². The van der Waals surface area contributed by atoms with E-state index < -0.39 is 11.5 Å². The molecule has 110 valence electrons. The number of aromatic amines is 1. The van der Waals surface area contributed by atoms with Crippen molar-refractivity contribution in [2.75, 3.05) is 13.2 Å². The summed E-state index contributed by atoms with van der Waals surface area (Å²) in [6.45, 7) is 0.363. The van der Waals surface area contributed by atoms with Crippen molar-refractivity contribution in [3.63, 3.8) is 0 Å². The number of benzene rings is 1. The summed E-state index contributed by atoms with van der Waals surface area (Å²) in [5.74, 6) is -1.36. The third kappa shape index (κ3) is 2.50. The SMILES string of the molecule is O=C(Cc1c[nH]c2ccccc12)NC1(C(=O)O)CCOC1. The third-order valence-electron chi connectivity index (χ3n) is 3.84. The van der Waals surface area contributed by atoms with Crippen molar-refractivity contribution >= 4 is 22.8 Å². The predicted molar refractivity (Wildman–Crippen MR) is 75.9 cm³/mol. The number of carbonyl (C=O) groups excluding carboxylic acids is 1.